The van der Waals surface area contributed by atoms with Gasteiger partial charge in [-0.25, -0.2) is 0 Å². The first-order valence-electron chi connectivity index (χ1n) is 10.9. The van der Waals surface area contributed by atoms with E-state index >= 15 is 0 Å². The van der Waals surface area contributed by atoms with E-state index < -0.39 is 0 Å². The van der Waals surface area contributed by atoms with Gasteiger partial charge in [0, 0.05) is 22.4 Å². The topological polar surface area (TPSA) is 61.7 Å². The van der Waals surface area contributed by atoms with Gasteiger partial charge in [0.2, 0.25) is 0 Å². The van der Waals surface area contributed by atoms with Gasteiger partial charge in [0.05, 0.1) is 11.9 Å². The fourth-order valence-electron chi connectivity index (χ4n) is 7.37. The van der Waals surface area contributed by atoms with Crippen LogP contribution in [0.2, 0.25) is 0 Å². The highest BCUT2D eigenvalue weighted by molar-refractivity contribution is 14.1. The molecule has 0 amide bonds. The summed E-state index contributed by atoms with van der Waals surface area (Å²) in [7, 11) is 1.69. The molecule has 7 unspecified atom stereocenters. The molecule has 5 heteroatoms. The largest absolute Gasteiger partial charge is 0.513 e. The lowest BCUT2D eigenvalue weighted by Crippen LogP contribution is -2.62. The van der Waals surface area contributed by atoms with Crippen molar-refractivity contribution in [3.8, 4) is 0 Å². The minimum atomic E-state index is -0.167. The number of halogens is 1. The number of ether oxygens (including phenoxy) is 1. The zero-order valence-electron chi connectivity index (χ0n) is 17.5. The first-order chi connectivity index (χ1) is 13.3. The molecule has 0 bridgehead atoms. The van der Waals surface area contributed by atoms with Crippen LogP contribution in [0.3, 0.4) is 0 Å². The molecule has 0 aromatic rings. The molecule has 0 spiro atoms. The number of nitrogens with one attached hydrogen (secondary N) is 1. The van der Waals surface area contributed by atoms with E-state index in [0.29, 0.717) is 36.2 Å². The highest BCUT2D eigenvalue weighted by Crippen LogP contribution is 2.72. The minimum absolute atomic E-state index is 0.0276. The van der Waals surface area contributed by atoms with Crippen molar-refractivity contribution < 1.29 is 14.9 Å². The van der Waals surface area contributed by atoms with Gasteiger partial charge in [-0.3, -0.25) is 0 Å². The van der Waals surface area contributed by atoms with Crippen molar-refractivity contribution in [1.82, 2.24) is 5.32 Å². The summed E-state index contributed by atoms with van der Waals surface area (Å²) in [5, 5.41) is 24.4. The number of methoxy groups -OCH3 is 1. The third-order valence-electron chi connectivity index (χ3n) is 9.10. The van der Waals surface area contributed by atoms with Crippen LogP contribution < -0.4 is 5.32 Å². The molecule has 3 fully saturated rings. The third-order valence-corrected chi connectivity index (χ3v) is 11.6. The van der Waals surface area contributed by atoms with Crippen LogP contribution in [0.4, 0.5) is 0 Å². The molecule has 0 heterocycles. The monoisotopic (exact) mass is 501 g/mol. The van der Waals surface area contributed by atoms with Crippen LogP contribution in [0.15, 0.2) is 24.1 Å². The predicted molar refractivity (Wildman–Crippen MR) is 120 cm³/mol. The Balaban J connectivity index is 1.70. The second-order valence-electron chi connectivity index (χ2n) is 10.2. The average Bonchev–Trinajstić information content (AvgIpc) is 2.90. The molecule has 0 aliphatic heterocycles. The molecule has 0 radical (unpaired) electrons. The number of allylic oxidation sites excluding steroid dienone is 3. The third kappa shape index (κ3) is 2.97. The Labute approximate surface area is 183 Å². The van der Waals surface area contributed by atoms with E-state index in [9.17, 15) is 10.2 Å². The van der Waals surface area contributed by atoms with E-state index in [1.807, 2.05) is 6.20 Å². The number of fused-ring (bicyclic) bond motifs is 5. The summed E-state index contributed by atoms with van der Waals surface area (Å²) in [6.45, 7) is 5.39. The molecule has 4 rings (SSSR count). The molecule has 8 atom stereocenters. The summed E-state index contributed by atoms with van der Waals surface area (Å²) < 4.78 is 5.28. The molecule has 28 heavy (non-hydrogen) atoms. The van der Waals surface area contributed by atoms with Crippen LogP contribution in [0.25, 0.3) is 0 Å². The normalized spacial score (nSPS) is 50.6. The van der Waals surface area contributed by atoms with Crippen molar-refractivity contribution in [2.45, 2.75) is 68.3 Å². The van der Waals surface area contributed by atoms with Crippen molar-refractivity contribution in [3.63, 3.8) is 0 Å². The molecule has 0 aromatic carbocycles. The smallest absolute Gasteiger partial charge is 0.115 e. The number of hydrogen-bond donors (Lipinski definition) is 3. The highest BCUT2D eigenvalue weighted by atomic mass is 127. The number of aliphatic hydroxyl groups excluding tert-OH is 2. The van der Waals surface area contributed by atoms with Gasteiger partial charge in [-0.15, -0.1) is 0 Å². The summed E-state index contributed by atoms with van der Waals surface area (Å²) in [4.78, 5) is 0. The van der Waals surface area contributed by atoms with Crippen LogP contribution in [0, 0.1) is 34.5 Å². The molecule has 4 aliphatic rings. The second kappa shape index (κ2) is 7.45. The van der Waals surface area contributed by atoms with E-state index in [2.05, 4.69) is 53.9 Å². The number of hydrogen-bond acceptors (Lipinski definition) is 4. The number of alkyl halides is 1. The number of rotatable bonds is 4. The zero-order valence-corrected chi connectivity index (χ0v) is 19.6. The maximum atomic E-state index is 10.9. The first-order valence-corrected chi connectivity index (χ1v) is 12.0. The van der Waals surface area contributed by atoms with Crippen molar-refractivity contribution in [2.75, 3.05) is 13.8 Å². The second-order valence-corrected chi connectivity index (χ2v) is 12.1. The van der Waals surface area contributed by atoms with Crippen LogP contribution in [-0.2, 0) is 4.74 Å². The lowest BCUT2D eigenvalue weighted by Gasteiger charge is -2.65. The Morgan fingerprint density at radius 1 is 1.29 bits per heavy atom. The Morgan fingerprint density at radius 2 is 2.07 bits per heavy atom. The Kier molecular flexibility index (Phi) is 5.58. The molecule has 0 aromatic heterocycles. The van der Waals surface area contributed by atoms with E-state index in [1.54, 1.807) is 7.11 Å². The molecule has 4 nitrogen and oxygen atoms in total. The summed E-state index contributed by atoms with van der Waals surface area (Å²) in [6.07, 6.45) is 13.8. The highest BCUT2D eigenvalue weighted by Gasteiger charge is 2.68. The van der Waals surface area contributed by atoms with Crippen molar-refractivity contribution in [2.24, 2.45) is 34.5 Å². The van der Waals surface area contributed by atoms with Gasteiger partial charge in [-0.1, -0.05) is 42.5 Å². The van der Waals surface area contributed by atoms with Crippen LogP contribution in [0.1, 0.15) is 58.8 Å². The SMILES string of the molecule is COCN/C=C/C1CC2C3(I)CCC(O)C3(C)CC[C@]2(C)C2CCC(O)=CC12. The van der Waals surface area contributed by atoms with E-state index in [1.165, 1.54) is 6.42 Å². The van der Waals surface area contributed by atoms with Gasteiger partial charge in [-0.2, -0.15) is 0 Å². The average molecular weight is 501 g/mol. The Morgan fingerprint density at radius 3 is 2.82 bits per heavy atom. The summed E-state index contributed by atoms with van der Waals surface area (Å²) >= 11 is 2.76. The van der Waals surface area contributed by atoms with Gasteiger partial charge in [0.15, 0.2) is 0 Å². The summed E-state index contributed by atoms with van der Waals surface area (Å²) in [5.74, 6) is 2.61. The van der Waals surface area contributed by atoms with Crippen LogP contribution in [0.5, 0.6) is 0 Å². The van der Waals surface area contributed by atoms with Crippen LogP contribution in [-0.4, -0.2) is 33.6 Å². The Bertz CT molecular complexity index is 666. The maximum absolute atomic E-state index is 10.9. The van der Waals surface area contributed by atoms with Gasteiger partial charge in [0.25, 0.3) is 0 Å². The fraction of sp³-hybridized carbons (Fsp3) is 0.826. The summed E-state index contributed by atoms with van der Waals surface area (Å²) in [5.41, 5.74) is 0.316. The van der Waals surface area contributed by atoms with Gasteiger partial charge < -0.3 is 20.3 Å². The van der Waals surface area contributed by atoms with Crippen molar-refractivity contribution >= 4 is 22.6 Å². The standard InChI is InChI=1S/C23H36INO3/c1-21-9-10-22(2)20(27)6-8-23(22,24)19(21)12-15(7-11-25-14-28-3)17-13-16(26)4-5-18(17)21/h7,11,13,15,17-20,25-27H,4-6,8-10,12,14H2,1-3H3/b11-7+/t15?,17?,18?,19?,20?,21-,22?,23?/m1/s1. The van der Waals surface area contributed by atoms with E-state index in [0.717, 1.165) is 38.5 Å². The molecular weight excluding hydrogens is 465 g/mol. The number of aliphatic hydroxyl groups is 2. The lowest BCUT2D eigenvalue weighted by molar-refractivity contribution is -0.113. The van der Waals surface area contributed by atoms with E-state index in [-0.39, 0.29) is 20.4 Å². The van der Waals surface area contributed by atoms with Crippen molar-refractivity contribution in [3.05, 3.63) is 24.1 Å². The van der Waals surface area contributed by atoms with Gasteiger partial charge in [0.1, 0.15) is 6.73 Å². The fourth-order valence-corrected chi connectivity index (χ4v) is 9.27. The molecule has 3 saturated carbocycles. The van der Waals surface area contributed by atoms with Gasteiger partial charge >= 0.3 is 0 Å². The molecule has 0 saturated heterocycles. The molecule has 158 valence electrons. The van der Waals surface area contributed by atoms with Crippen LogP contribution >= 0.6 is 22.6 Å². The first kappa shape index (κ1) is 21.0. The van der Waals surface area contributed by atoms with Gasteiger partial charge in [-0.05, 0) is 79.9 Å². The zero-order chi connectivity index (χ0) is 20.2. The van der Waals surface area contributed by atoms with E-state index in [4.69, 9.17) is 4.74 Å². The quantitative estimate of drug-likeness (QED) is 0.221. The lowest BCUT2D eigenvalue weighted by atomic mass is 9.43. The van der Waals surface area contributed by atoms with Crippen molar-refractivity contribution in [1.29, 1.82) is 0 Å². The maximum Gasteiger partial charge on any atom is 0.115 e. The minimum Gasteiger partial charge on any atom is -0.513 e. The molecule has 3 N–H and O–H groups in total. The summed E-state index contributed by atoms with van der Waals surface area (Å²) in [6, 6.07) is 0. The molecular formula is C23H36INO3. The Hall–Kier alpha value is -0.270. The molecule has 4 aliphatic carbocycles. The predicted octanol–water partition coefficient (Wildman–Crippen LogP) is 4.93.